The molecule has 0 aliphatic carbocycles. The summed E-state index contributed by atoms with van der Waals surface area (Å²) in [5, 5.41) is 3.03. The van der Waals surface area contributed by atoms with E-state index < -0.39 is 34.3 Å². The van der Waals surface area contributed by atoms with Crippen LogP contribution < -0.4 is 14.4 Å². The summed E-state index contributed by atoms with van der Waals surface area (Å²) < 4.78 is 47.5. The third kappa shape index (κ3) is 8.20. The van der Waals surface area contributed by atoms with E-state index in [4.69, 9.17) is 16.3 Å². The third-order valence-electron chi connectivity index (χ3n) is 6.37. The molecule has 1 N–H and O–H groups in total. The van der Waals surface area contributed by atoms with Crippen molar-refractivity contribution in [3.63, 3.8) is 0 Å². The summed E-state index contributed by atoms with van der Waals surface area (Å²) in [6.07, 6.45) is 0.274. The Morgan fingerprint density at radius 3 is 2.24 bits per heavy atom. The summed E-state index contributed by atoms with van der Waals surface area (Å²) in [4.78, 5) is 28.6. The molecule has 1 atom stereocenters. The standard InChI is InChI=1S/C30H35ClFN3O5S/c1-5-27(30(37)33-18-21(2)3)34(19-22-11-13-23(32)14-12-22)29(36)20-35(24-15-16-28(40-4)26(31)17-24)41(38,39)25-9-7-6-8-10-25/h6-17,21,27H,5,18-20H2,1-4H3,(H,33,37). The van der Waals surface area contributed by atoms with E-state index in [2.05, 4.69) is 5.32 Å². The number of amides is 2. The normalized spacial score (nSPS) is 12.1. The maximum Gasteiger partial charge on any atom is 0.264 e. The van der Waals surface area contributed by atoms with Crippen LogP contribution in [0.3, 0.4) is 0 Å². The topological polar surface area (TPSA) is 96.0 Å². The van der Waals surface area contributed by atoms with Crippen LogP contribution in [0.15, 0.2) is 77.7 Å². The number of anilines is 1. The van der Waals surface area contributed by atoms with E-state index in [0.717, 1.165) is 4.31 Å². The molecule has 0 radical (unpaired) electrons. The molecule has 3 aromatic carbocycles. The van der Waals surface area contributed by atoms with Gasteiger partial charge in [-0.15, -0.1) is 0 Å². The zero-order chi connectivity index (χ0) is 30.2. The molecule has 0 aromatic heterocycles. The molecule has 0 aliphatic heterocycles. The molecule has 3 rings (SSSR count). The molecule has 220 valence electrons. The highest BCUT2D eigenvalue weighted by molar-refractivity contribution is 7.92. The second kappa shape index (κ2) is 14.3. The molecule has 2 amide bonds. The number of halogens is 2. The van der Waals surface area contributed by atoms with Crippen molar-refractivity contribution in [2.24, 2.45) is 5.92 Å². The number of sulfonamides is 1. The fraction of sp³-hybridized carbons (Fsp3) is 0.333. The van der Waals surface area contributed by atoms with Gasteiger partial charge in [0.2, 0.25) is 11.8 Å². The second-order valence-corrected chi connectivity index (χ2v) is 12.1. The number of benzene rings is 3. The number of rotatable bonds is 13. The van der Waals surface area contributed by atoms with Crippen molar-refractivity contribution in [2.45, 2.75) is 44.7 Å². The largest absolute Gasteiger partial charge is 0.495 e. The van der Waals surface area contributed by atoms with Gasteiger partial charge in [-0.3, -0.25) is 13.9 Å². The fourth-order valence-corrected chi connectivity index (χ4v) is 5.87. The molecular weight excluding hydrogens is 569 g/mol. The Morgan fingerprint density at radius 2 is 1.68 bits per heavy atom. The van der Waals surface area contributed by atoms with E-state index >= 15 is 0 Å². The first-order valence-electron chi connectivity index (χ1n) is 13.2. The van der Waals surface area contributed by atoms with E-state index in [1.807, 2.05) is 13.8 Å². The predicted molar refractivity (Wildman–Crippen MR) is 158 cm³/mol. The summed E-state index contributed by atoms with van der Waals surface area (Å²) in [6.45, 7) is 5.44. The molecule has 0 saturated carbocycles. The van der Waals surface area contributed by atoms with Crippen LogP contribution in [0.4, 0.5) is 10.1 Å². The Hall–Kier alpha value is -3.63. The first kappa shape index (κ1) is 31.9. The summed E-state index contributed by atoms with van der Waals surface area (Å²) in [6, 6.07) is 16.8. The van der Waals surface area contributed by atoms with E-state index in [0.29, 0.717) is 17.9 Å². The third-order valence-corrected chi connectivity index (χ3v) is 8.45. The van der Waals surface area contributed by atoms with Gasteiger partial charge in [0.05, 0.1) is 22.7 Å². The quantitative estimate of drug-likeness (QED) is 0.287. The van der Waals surface area contributed by atoms with Crippen molar-refractivity contribution < 1.29 is 27.1 Å². The monoisotopic (exact) mass is 603 g/mol. The molecule has 0 bridgehead atoms. The summed E-state index contributed by atoms with van der Waals surface area (Å²) >= 11 is 6.34. The van der Waals surface area contributed by atoms with Gasteiger partial charge in [0.25, 0.3) is 10.0 Å². The van der Waals surface area contributed by atoms with E-state index in [9.17, 15) is 22.4 Å². The molecule has 0 fully saturated rings. The van der Waals surface area contributed by atoms with Gasteiger partial charge in [-0.1, -0.05) is 62.7 Å². The summed E-state index contributed by atoms with van der Waals surface area (Å²) in [5.41, 5.74) is 0.729. The number of methoxy groups -OCH3 is 1. The van der Waals surface area contributed by atoms with Gasteiger partial charge in [0.15, 0.2) is 0 Å². The average molecular weight is 604 g/mol. The lowest BCUT2D eigenvalue weighted by molar-refractivity contribution is -0.140. The van der Waals surface area contributed by atoms with Crippen molar-refractivity contribution in [1.29, 1.82) is 0 Å². The van der Waals surface area contributed by atoms with Gasteiger partial charge >= 0.3 is 0 Å². The molecule has 0 heterocycles. The zero-order valence-corrected chi connectivity index (χ0v) is 25.1. The maximum atomic E-state index is 14.0. The van der Waals surface area contributed by atoms with Crippen LogP contribution in [0.25, 0.3) is 0 Å². The fourth-order valence-electron chi connectivity index (χ4n) is 4.19. The Bertz CT molecular complexity index is 1440. The first-order chi connectivity index (χ1) is 19.5. The summed E-state index contributed by atoms with van der Waals surface area (Å²) in [5.74, 6) is -0.896. The average Bonchev–Trinajstić information content (AvgIpc) is 2.95. The lowest BCUT2D eigenvalue weighted by Crippen LogP contribution is -2.52. The van der Waals surface area contributed by atoms with Gasteiger partial charge in [-0.2, -0.15) is 0 Å². The van der Waals surface area contributed by atoms with E-state index in [-0.39, 0.29) is 40.4 Å². The smallest absolute Gasteiger partial charge is 0.264 e. The van der Waals surface area contributed by atoms with Crippen LogP contribution in [0.1, 0.15) is 32.8 Å². The molecule has 11 heteroatoms. The minimum Gasteiger partial charge on any atom is -0.495 e. The minimum absolute atomic E-state index is 0.0217. The van der Waals surface area contributed by atoms with Gasteiger partial charge < -0.3 is 15.0 Å². The highest BCUT2D eigenvalue weighted by Crippen LogP contribution is 2.32. The van der Waals surface area contributed by atoms with Gasteiger partial charge in [0, 0.05) is 13.1 Å². The SMILES string of the molecule is CCC(C(=O)NCC(C)C)N(Cc1ccc(F)cc1)C(=O)CN(c1ccc(OC)c(Cl)c1)S(=O)(=O)c1ccccc1. The Labute approximate surface area is 246 Å². The molecule has 8 nitrogen and oxygen atoms in total. The van der Waals surface area contributed by atoms with Crippen LogP contribution in [0.5, 0.6) is 5.75 Å². The number of ether oxygens (including phenoxy) is 1. The zero-order valence-electron chi connectivity index (χ0n) is 23.5. The van der Waals surface area contributed by atoms with Crippen molar-refractivity contribution in [1.82, 2.24) is 10.2 Å². The number of nitrogens with zero attached hydrogens (tertiary/aromatic N) is 2. The van der Waals surface area contributed by atoms with Gasteiger partial charge in [-0.25, -0.2) is 12.8 Å². The van der Waals surface area contributed by atoms with Crippen LogP contribution >= 0.6 is 11.6 Å². The van der Waals surface area contributed by atoms with E-state index in [1.165, 1.54) is 66.6 Å². The van der Waals surface area contributed by atoms with Crippen molar-refractivity contribution >= 4 is 39.1 Å². The van der Waals surface area contributed by atoms with Gasteiger partial charge in [0.1, 0.15) is 24.2 Å². The molecule has 41 heavy (non-hydrogen) atoms. The highest BCUT2D eigenvalue weighted by atomic mass is 35.5. The van der Waals surface area contributed by atoms with Crippen molar-refractivity contribution in [3.8, 4) is 5.75 Å². The van der Waals surface area contributed by atoms with Gasteiger partial charge in [-0.05, 0) is 60.4 Å². The molecule has 0 spiro atoms. The molecule has 0 saturated heterocycles. The van der Waals surface area contributed by atoms with Crippen LogP contribution in [0, 0.1) is 11.7 Å². The van der Waals surface area contributed by atoms with E-state index in [1.54, 1.807) is 25.1 Å². The Kier molecular flexibility index (Phi) is 11.1. The number of carbonyl (C=O) groups is 2. The van der Waals surface area contributed by atoms with Crippen LogP contribution in [-0.2, 0) is 26.2 Å². The number of hydrogen-bond donors (Lipinski definition) is 1. The number of nitrogens with one attached hydrogen (secondary N) is 1. The minimum atomic E-state index is -4.24. The molecule has 1 unspecified atom stereocenters. The Balaban J connectivity index is 2.06. The first-order valence-corrected chi connectivity index (χ1v) is 15.0. The summed E-state index contributed by atoms with van der Waals surface area (Å²) in [7, 11) is -2.80. The molecule has 0 aliphatic rings. The van der Waals surface area contributed by atoms with Crippen LogP contribution in [0.2, 0.25) is 5.02 Å². The number of hydrogen-bond acceptors (Lipinski definition) is 5. The number of carbonyl (C=O) groups excluding carboxylic acids is 2. The predicted octanol–water partition coefficient (Wildman–Crippen LogP) is 5.26. The molecular formula is C30H35ClFN3O5S. The maximum absolute atomic E-state index is 14.0. The lowest BCUT2D eigenvalue weighted by atomic mass is 10.1. The highest BCUT2D eigenvalue weighted by Gasteiger charge is 2.34. The van der Waals surface area contributed by atoms with Crippen molar-refractivity contribution in [3.05, 3.63) is 89.2 Å². The molecule has 3 aromatic rings. The lowest BCUT2D eigenvalue weighted by Gasteiger charge is -2.33. The Morgan fingerprint density at radius 1 is 1.02 bits per heavy atom. The van der Waals surface area contributed by atoms with Crippen LogP contribution in [-0.4, -0.2) is 51.4 Å². The second-order valence-electron chi connectivity index (χ2n) is 9.85. The van der Waals surface area contributed by atoms with Crippen molar-refractivity contribution in [2.75, 3.05) is 24.5 Å².